The van der Waals surface area contributed by atoms with Crippen LogP contribution >= 0.6 is 0 Å². The normalized spacial score (nSPS) is 24.1. The van der Waals surface area contributed by atoms with Crippen LogP contribution in [0.15, 0.2) is 6.07 Å². The van der Waals surface area contributed by atoms with Gasteiger partial charge in [-0.2, -0.15) is 4.98 Å². The summed E-state index contributed by atoms with van der Waals surface area (Å²) in [6.45, 7) is 5.83. The van der Waals surface area contributed by atoms with Gasteiger partial charge < -0.3 is 15.4 Å². The Morgan fingerprint density at radius 1 is 1.50 bits per heavy atom. The molecular weight excluding hydrogens is 228 g/mol. The molecule has 1 fully saturated rings. The molecule has 0 spiro atoms. The van der Waals surface area contributed by atoms with Gasteiger partial charge in [-0.15, -0.1) is 0 Å². The molecule has 5 nitrogen and oxygen atoms in total. The minimum absolute atomic E-state index is 0.368. The maximum atomic E-state index is 5.89. The Morgan fingerprint density at radius 2 is 2.28 bits per heavy atom. The minimum Gasteiger partial charge on any atom is -0.481 e. The number of anilines is 1. The van der Waals surface area contributed by atoms with E-state index in [-0.39, 0.29) is 0 Å². The fraction of sp³-hybridized carbons (Fsp3) is 0.692. The van der Waals surface area contributed by atoms with Crippen molar-refractivity contribution in [2.24, 2.45) is 11.7 Å². The summed E-state index contributed by atoms with van der Waals surface area (Å²) >= 11 is 0. The van der Waals surface area contributed by atoms with Gasteiger partial charge in [-0.25, -0.2) is 4.98 Å². The summed E-state index contributed by atoms with van der Waals surface area (Å²) in [5, 5.41) is 0. The van der Waals surface area contributed by atoms with E-state index in [9.17, 15) is 0 Å². The Bertz CT molecular complexity index is 410. The van der Waals surface area contributed by atoms with Crippen LogP contribution in [-0.4, -0.2) is 36.2 Å². The van der Waals surface area contributed by atoms with Crippen molar-refractivity contribution in [3.8, 4) is 5.88 Å². The molecule has 0 aromatic carbocycles. The lowest BCUT2D eigenvalue weighted by atomic mass is 9.92. The molecule has 0 aliphatic carbocycles. The fourth-order valence-electron chi connectivity index (χ4n) is 2.55. The summed E-state index contributed by atoms with van der Waals surface area (Å²) < 4.78 is 5.21. The Morgan fingerprint density at radius 3 is 2.94 bits per heavy atom. The van der Waals surface area contributed by atoms with Crippen LogP contribution < -0.4 is 15.4 Å². The van der Waals surface area contributed by atoms with Crippen LogP contribution in [0.3, 0.4) is 0 Å². The zero-order valence-corrected chi connectivity index (χ0v) is 11.4. The molecule has 1 aliphatic heterocycles. The summed E-state index contributed by atoms with van der Waals surface area (Å²) in [6.07, 6.45) is 2.31. The summed E-state index contributed by atoms with van der Waals surface area (Å²) in [4.78, 5) is 11.0. The van der Waals surface area contributed by atoms with Gasteiger partial charge in [0.05, 0.1) is 7.11 Å². The van der Waals surface area contributed by atoms with Crippen LogP contribution in [0.25, 0.3) is 0 Å². The van der Waals surface area contributed by atoms with E-state index >= 15 is 0 Å². The first-order chi connectivity index (χ1) is 8.63. The Balaban J connectivity index is 2.26. The fourth-order valence-corrected chi connectivity index (χ4v) is 2.55. The predicted octanol–water partition coefficient (Wildman–Crippen LogP) is 1.36. The molecular formula is C13H22N4O. The molecule has 1 aromatic rings. The second-order valence-corrected chi connectivity index (χ2v) is 5.03. The SMILES string of the molecule is COc1cc(N2CCC(C)CC2CN)nc(C)n1. The van der Waals surface area contributed by atoms with Crippen molar-refractivity contribution >= 4 is 5.82 Å². The van der Waals surface area contributed by atoms with Crippen molar-refractivity contribution in [3.05, 3.63) is 11.9 Å². The number of hydrogen-bond acceptors (Lipinski definition) is 5. The third kappa shape index (κ3) is 2.72. The average Bonchev–Trinajstić information content (AvgIpc) is 2.37. The van der Waals surface area contributed by atoms with E-state index in [0.717, 1.165) is 30.5 Å². The van der Waals surface area contributed by atoms with E-state index in [2.05, 4.69) is 21.8 Å². The zero-order chi connectivity index (χ0) is 13.1. The number of rotatable bonds is 3. The molecule has 1 aromatic heterocycles. The maximum Gasteiger partial charge on any atom is 0.218 e. The summed E-state index contributed by atoms with van der Waals surface area (Å²) in [6, 6.07) is 2.26. The molecule has 0 saturated carbocycles. The Hall–Kier alpha value is -1.36. The molecule has 2 unspecified atom stereocenters. The number of hydrogen-bond donors (Lipinski definition) is 1. The quantitative estimate of drug-likeness (QED) is 0.877. The van der Waals surface area contributed by atoms with Crippen molar-refractivity contribution < 1.29 is 4.74 Å². The molecule has 2 heterocycles. The second kappa shape index (κ2) is 5.52. The van der Waals surface area contributed by atoms with Crippen LogP contribution in [0.1, 0.15) is 25.6 Å². The highest BCUT2D eigenvalue weighted by atomic mass is 16.5. The van der Waals surface area contributed by atoms with Crippen LogP contribution in [0.5, 0.6) is 5.88 Å². The molecule has 1 saturated heterocycles. The third-order valence-corrected chi connectivity index (χ3v) is 3.55. The number of piperidine rings is 1. The number of aryl methyl sites for hydroxylation is 1. The third-order valence-electron chi connectivity index (χ3n) is 3.55. The molecule has 5 heteroatoms. The van der Waals surface area contributed by atoms with Crippen molar-refractivity contribution in [3.63, 3.8) is 0 Å². The van der Waals surface area contributed by atoms with Crippen LogP contribution in [0.4, 0.5) is 5.82 Å². The van der Waals surface area contributed by atoms with E-state index in [1.807, 2.05) is 13.0 Å². The number of methoxy groups -OCH3 is 1. The topological polar surface area (TPSA) is 64.3 Å². The highest BCUT2D eigenvalue weighted by Gasteiger charge is 2.26. The van der Waals surface area contributed by atoms with Crippen LogP contribution in [0, 0.1) is 12.8 Å². The number of ether oxygens (including phenoxy) is 1. The lowest BCUT2D eigenvalue weighted by molar-refractivity contribution is 0.362. The van der Waals surface area contributed by atoms with Crippen LogP contribution in [0.2, 0.25) is 0 Å². The van der Waals surface area contributed by atoms with Crippen molar-refractivity contribution in [2.75, 3.05) is 25.1 Å². The molecule has 18 heavy (non-hydrogen) atoms. The zero-order valence-electron chi connectivity index (χ0n) is 11.4. The predicted molar refractivity (Wildman–Crippen MR) is 71.9 cm³/mol. The van der Waals surface area contributed by atoms with E-state index < -0.39 is 0 Å². The first kappa shape index (κ1) is 13.1. The first-order valence-electron chi connectivity index (χ1n) is 6.50. The Labute approximate surface area is 108 Å². The summed E-state index contributed by atoms with van der Waals surface area (Å²) in [5.74, 6) is 3.02. The summed E-state index contributed by atoms with van der Waals surface area (Å²) in [5.41, 5.74) is 5.89. The largest absolute Gasteiger partial charge is 0.481 e. The summed E-state index contributed by atoms with van der Waals surface area (Å²) in [7, 11) is 1.63. The smallest absolute Gasteiger partial charge is 0.218 e. The number of aromatic nitrogens is 2. The van der Waals surface area contributed by atoms with E-state index in [0.29, 0.717) is 18.5 Å². The Kier molecular flexibility index (Phi) is 4.01. The van der Waals surface area contributed by atoms with Gasteiger partial charge in [0.1, 0.15) is 11.6 Å². The molecule has 2 atom stereocenters. The molecule has 0 bridgehead atoms. The monoisotopic (exact) mass is 250 g/mol. The molecule has 100 valence electrons. The van der Waals surface area contributed by atoms with Gasteiger partial charge in [-0.3, -0.25) is 0 Å². The minimum atomic E-state index is 0.368. The van der Waals surface area contributed by atoms with Crippen LogP contribution in [-0.2, 0) is 0 Å². The number of nitrogens with two attached hydrogens (primary N) is 1. The van der Waals surface area contributed by atoms with Gasteiger partial charge in [-0.05, 0) is 25.7 Å². The molecule has 0 amide bonds. The lowest BCUT2D eigenvalue weighted by Gasteiger charge is -2.38. The van der Waals surface area contributed by atoms with E-state index in [1.54, 1.807) is 7.11 Å². The van der Waals surface area contributed by atoms with Gasteiger partial charge in [0.2, 0.25) is 5.88 Å². The lowest BCUT2D eigenvalue weighted by Crippen LogP contribution is -2.46. The maximum absolute atomic E-state index is 5.89. The molecule has 2 N–H and O–H groups in total. The molecule has 2 rings (SSSR count). The van der Waals surface area contributed by atoms with Gasteiger partial charge in [-0.1, -0.05) is 6.92 Å². The van der Waals surface area contributed by atoms with Crippen molar-refractivity contribution in [1.29, 1.82) is 0 Å². The highest BCUT2D eigenvalue weighted by Crippen LogP contribution is 2.27. The van der Waals surface area contributed by atoms with Gasteiger partial charge in [0.25, 0.3) is 0 Å². The van der Waals surface area contributed by atoms with Crippen molar-refractivity contribution in [1.82, 2.24) is 9.97 Å². The first-order valence-corrected chi connectivity index (χ1v) is 6.50. The average molecular weight is 250 g/mol. The molecule has 1 aliphatic rings. The second-order valence-electron chi connectivity index (χ2n) is 5.03. The molecule has 0 radical (unpaired) electrons. The standard InChI is InChI=1S/C13H22N4O/c1-9-4-5-17(11(6-9)8-14)12-7-13(18-3)16-10(2)15-12/h7,9,11H,4-6,8,14H2,1-3H3. The van der Waals surface area contributed by atoms with Gasteiger partial charge in [0.15, 0.2) is 0 Å². The van der Waals surface area contributed by atoms with Gasteiger partial charge >= 0.3 is 0 Å². The number of nitrogens with zero attached hydrogens (tertiary/aromatic N) is 3. The highest BCUT2D eigenvalue weighted by molar-refractivity contribution is 5.43. The van der Waals surface area contributed by atoms with Crippen molar-refractivity contribution in [2.45, 2.75) is 32.7 Å². The van der Waals surface area contributed by atoms with Gasteiger partial charge in [0, 0.05) is 25.2 Å². The van der Waals surface area contributed by atoms with E-state index in [4.69, 9.17) is 10.5 Å². The van der Waals surface area contributed by atoms with E-state index in [1.165, 1.54) is 6.42 Å².